The van der Waals surface area contributed by atoms with Crippen LogP contribution in [-0.4, -0.2) is 38.1 Å². The van der Waals surface area contributed by atoms with E-state index in [0.717, 1.165) is 48.7 Å². The van der Waals surface area contributed by atoms with E-state index in [1.54, 1.807) is 0 Å². The molecule has 0 aliphatic carbocycles. The largest absolute Gasteiger partial charge is 0.342 e. The Morgan fingerprint density at radius 2 is 2.22 bits per heavy atom. The van der Waals surface area contributed by atoms with E-state index in [1.165, 1.54) is 12.8 Å². The van der Waals surface area contributed by atoms with Crippen LogP contribution in [0, 0.1) is 12.8 Å². The Bertz CT molecular complexity index is 760. The molecule has 1 atom stereocenters. The molecule has 1 aliphatic heterocycles. The van der Waals surface area contributed by atoms with Gasteiger partial charge in [-0.05, 0) is 37.4 Å². The zero-order chi connectivity index (χ0) is 15.6. The number of piperidine rings is 1. The summed E-state index contributed by atoms with van der Waals surface area (Å²) in [6.07, 6.45) is 3.46. The maximum atomic E-state index is 5.06. The Morgan fingerprint density at radius 3 is 3.04 bits per heavy atom. The lowest BCUT2D eigenvalue weighted by atomic mass is 9.94. The molecule has 0 radical (unpaired) electrons. The van der Waals surface area contributed by atoms with Gasteiger partial charge in [0.1, 0.15) is 5.82 Å². The van der Waals surface area contributed by atoms with Gasteiger partial charge in [0.2, 0.25) is 5.89 Å². The van der Waals surface area contributed by atoms with Crippen molar-refractivity contribution in [3.05, 3.63) is 41.8 Å². The van der Waals surface area contributed by atoms with Crippen LogP contribution in [0.5, 0.6) is 0 Å². The SMILES string of the molecule is Cc1nc(CN2CCC[C@H](Cc3nc4ccccc4[nH]3)C2)no1. The van der Waals surface area contributed by atoms with Crippen molar-refractivity contribution in [2.45, 2.75) is 32.7 Å². The third kappa shape index (κ3) is 3.27. The number of H-pyrrole nitrogens is 1. The molecule has 4 rings (SSSR count). The second kappa shape index (κ2) is 6.12. The highest BCUT2D eigenvalue weighted by atomic mass is 16.5. The quantitative estimate of drug-likeness (QED) is 0.802. The van der Waals surface area contributed by atoms with Gasteiger partial charge >= 0.3 is 0 Å². The monoisotopic (exact) mass is 311 g/mol. The van der Waals surface area contributed by atoms with Gasteiger partial charge in [-0.1, -0.05) is 17.3 Å². The summed E-state index contributed by atoms with van der Waals surface area (Å²) in [6.45, 7) is 4.76. The van der Waals surface area contributed by atoms with Crippen molar-refractivity contribution >= 4 is 11.0 Å². The zero-order valence-corrected chi connectivity index (χ0v) is 13.3. The summed E-state index contributed by atoms with van der Waals surface area (Å²) in [5, 5.41) is 4.00. The number of aromatic nitrogens is 4. The molecule has 23 heavy (non-hydrogen) atoms. The minimum absolute atomic E-state index is 0.623. The molecule has 0 saturated carbocycles. The van der Waals surface area contributed by atoms with Gasteiger partial charge in [-0.3, -0.25) is 4.90 Å². The van der Waals surface area contributed by atoms with Gasteiger partial charge < -0.3 is 9.51 Å². The van der Waals surface area contributed by atoms with Crippen LogP contribution >= 0.6 is 0 Å². The molecule has 6 heteroatoms. The first-order valence-electron chi connectivity index (χ1n) is 8.21. The van der Waals surface area contributed by atoms with Crippen LogP contribution < -0.4 is 0 Å². The molecule has 0 bridgehead atoms. The third-order valence-electron chi connectivity index (χ3n) is 4.46. The first-order chi connectivity index (χ1) is 11.3. The van der Waals surface area contributed by atoms with E-state index in [-0.39, 0.29) is 0 Å². The molecular weight excluding hydrogens is 290 g/mol. The van der Waals surface area contributed by atoms with Crippen LogP contribution in [0.4, 0.5) is 0 Å². The lowest BCUT2D eigenvalue weighted by molar-refractivity contribution is 0.161. The molecule has 1 aromatic carbocycles. The number of hydrogen-bond acceptors (Lipinski definition) is 5. The summed E-state index contributed by atoms with van der Waals surface area (Å²) >= 11 is 0. The van der Waals surface area contributed by atoms with Crippen molar-refractivity contribution in [3.8, 4) is 0 Å². The predicted molar refractivity (Wildman–Crippen MR) is 86.8 cm³/mol. The number of aromatic amines is 1. The van der Waals surface area contributed by atoms with Gasteiger partial charge in [0, 0.05) is 19.9 Å². The highest BCUT2D eigenvalue weighted by molar-refractivity contribution is 5.74. The average Bonchev–Trinajstić information content (AvgIpc) is 3.13. The number of nitrogens with zero attached hydrogens (tertiary/aromatic N) is 4. The number of hydrogen-bond donors (Lipinski definition) is 1. The van der Waals surface area contributed by atoms with Crippen LogP contribution in [0.1, 0.15) is 30.4 Å². The minimum Gasteiger partial charge on any atom is -0.342 e. The third-order valence-corrected chi connectivity index (χ3v) is 4.46. The summed E-state index contributed by atoms with van der Waals surface area (Å²) in [7, 11) is 0. The smallest absolute Gasteiger partial charge is 0.223 e. The second-order valence-corrected chi connectivity index (χ2v) is 6.38. The van der Waals surface area contributed by atoms with E-state index in [1.807, 2.05) is 19.1 Å². The molecule has 120 valence electrons. The fourth-order valence-electron chi connectivity index (χ4n) is 3.44. The molecule has 6 nitrogen and oxygen atoms in total. The summed E-state index contributed by atoms with van der Waals surface area (Å²) < 4.78 is 5.06. The second-order valence-electron chi connectivity index (χ2n) is 6.38. The van der Waals surface area contributed by atoms with E-state index in [2.05, 4.69) is 32.2 Å². The van der Waals surface area contributed by atoms with E-state index in [4.69, 9.17) is 9.51 Å². The van der Waals surface area contributed by atoms with Gasteiger partial charge in [0.15, 0.2) is 5.82 Å². The van der Waals surface area contributed by atoms with Crippen LogP contribution in [0.25, 0.3) is 11.0 Å². The van der Waals surface area contributed by atoms with Crippen LogP contribution in [0.15, 0.2) is 28.8 Å². The summed E-state index contributed by atoms with van der Waals surface area (Å²) in [6, 6.07) is 8.21. The van der Waals surface area contributed by atoms with E-state index < -0.39 is 0 Å². The van der Waals surface area contributed by atoms with Crippen molar-refractivity contribution < 1.29 is 4.52 Å². The Labute approximate surface area is 134 Å². The predicted octanol–water partition coefficient (Wildman–Crippen LogP) is 2.71. The fraction of sp³-hybridized carbons (Fsp3) is 0.471. The Balaban J connectivity index is 1.40. The average molecular weight is 311 g/mol. The molecule has 3 heterocycles. The van der Waals surface area contributed by atoms with E-state index >= 15 is 0 Å². The first kappa shape index (κ1) is 14.4. The van der Waals surface area contributed by atoms with Crippen molar-refractivity contribution in [2.24, 2.45) is 5.92 Å². The van der Waals surface area contributed by atoms with Crippen LogP contribution in [0.2, 0.25) is 0 Å². The number of fused-ring (bicyclic) bond motifs is 1. The van der Waals surface area contributed by atoms with E-state index in [0.29, 0.717) is 11.8 Å². The standard InChI is InChI=1S/C17H21N5O/c1-12-18-17(21-23-12)11-22-8-4-5-13(10-22)9-16-19-14-6-2-3-7-15(14)20-16/h2-3,6-7,13H,4-5,8-11H2,1H3,(H,19,20)/t13-/m1/s1. The first-order valence-corrected chi connectivity index (χ1v) is 8.21. The Morgan fingerprint density at radius 1 is 1.30 bits per heavy atom. The molecule has 2 aromatic heterocycles. The normalized spacial score (nSPS) is 19.4. The zero-order valence-electron chi connectivity index (χ0n) is 13.3. The van der Waals surface area contributed by atoms with Crippen molar-refractivity contribution in [1.82, 2.24) is 25.0 Å². The van der Waals surface area contributed by atoms with Gasteiger partial charge in [-0.2, -0.15) is 4.98 Å². The summed E-state index contributed by atoms with van der Waals surface area (Å²) in [5.41, 5.74) is 2.18. The Hall–Kier alpha value is -2.21. The topological polar surface area (TPSA) is 70.8 Å². The minimum atomic E-state index is 0.623. The maximum absolute atomic E-state index is 5.06. The number of nitrogens with one attached hydrogen (secondary N) is 1. The molecule has 1 saturated heterocycles. The van der Waals surface area contributed by atoms with Gasteiger partial charge in [0.25, 0.3) is 0 Å². The molecular formula is C17H21N5O. The molecule has 1 fully saturated rings. The van der Waals surface area contributed by atoms with Crippen molar-refractivity contribution in [2.75, 3.05) is 13.1 Å². The van der Waals surface area contributed by atoms with Gasteiger partial charge in [-0.15, -0.1) is 0 Å². The van der Waals surface area contributed by atoms with Crippen LogP contribution in [-0.2, 0) is 13.0 Å². The molecule has 0 amide bonds. The lowest BCUT2D eigenvalue weighted by Gasteiger charge is -2.31. The van der Waals surface area contributed by atoms with Crippen molar-refractivity contribution in [1.29, 1.82) is 0 Å². The fourth-order valence-corrected chi connectivity index (χ4v) is 3.44. The van der Waals surface area contributed by atoms with E-state index in [9.17, 15) is 0 Å². The maximum Gasteiger partial charge on any atom is 0.223 e. The summed E-state index contributed by atoms with van der Waals surface area (Å²) in [5.74, 6) is 3.13. The highest BCUT2D eigenvalue weighted by Gasteiger charge is 2.22. The number of likely N-dealkylation sites (tertiary alicyclic amines) is 1. The number of benzene rings is 1. The lowest BCUT2D eigenvalue weighted by Crippen LogP contribution is -2.36. The molecule has 0 spiro atoms. The highest BCUT2D eigenvalue weighted by Crippen LogP contribution is 2.22. The Kier molecular flexibility index (Phi) is 3.83. The van der Waals surface area contributed by atoms with Crippen LogP contribution in [0.3, 0.4) is 0 Å². The molecule has 1 aliphatic rings. The van der Waals surface area contributed by atoms with Gasteiger partial charge in [0.05, 0.1) is 17.6 Å². The van der Waals surface area contributed by atoms with Gasteiger partial charge in [-0.25, -0.2) is 4.98 Å². The molecule has 0 unspecified atom stereocenters. The molecule has 1 N–H and O–H groups in total. The number of aryl methyl sites for hydroxylation is 1. The number of imidazole rings is 1. The molecule has 3 aromatic rings. The number of rotatable bonds is 4. The van der Waals surface area contributed by atoms with Crippen molar-refractivity contribution in [3.63, 3.8) is 0 Å². The summed E-state index contributed by atoms with van der Waals surface area (Å²) in [4.78, 5) is 14.9. The number of para-hydroxylation sites is 2.